The normalized spacial score (nSPS) is 15.1. The Morgan fingerprint density at radius 1 is 1.67 bits per heavy atom. The predicted octanol–water partition coefficient (Wildman–Crippen LogP) is 1.46. The summed E-state index contributed by atoms with van der Waals surface area (Å²) >= 11 is 0. The SMILES string of the molecule is C[C@H](C(=O)O)C(C)(C)F. The van der Waals surface area contributed by atoms with Crippen LogP contribution in [0, 0.1) is 5.92 Å². The summed E-state index contributed by atoms with van der Waals surface area (Å²) in [6.07, 6.45) is 0. The molecule has 0 spiro atoms. The first-order chi connectivity index (χ1) is 3.85. The molecule has 0 amide bonds. The van der Waals surface area contributed by atoms with E-state index < -0.39 is 17.6 Å². The Kier molecular flexibility index (Phi) is 2.18. The lowest BCUT2D eigenvalue weighted by atomic mass is 9.95. The fourth-order valence-electron chi connectivity index (χ4n) is 0.294. The maximum Gasteiger partial charge on any atom is 0.309 e. The molecule has 1 N–H and O–H groups in total. The molecule has 0 aromatic heterocycles. The zero-order valence-corrected chi connectivity index (χ0v) is 5.81. The van der Waals surface area contributed by atoms with Gasteiger partial charge in [-0.25, -0.2) is 4.39 Å². The van der Waals surface area contributed by atoms with E-state index >= 15 is 0 Å². The molecule has 54 valence electrons. The van der Waals surface area contributed by atoms with Crippen molar-refractivity contribution in [2.75, 3.05) is 0 Å². The van der Waals surface area contributed by atoms with E-state index in [9.17, 15) is 9.18 Å². The molecule has 3 heteroatoms. The van der Waals surface area contributed by atoms with E-state index in [0.717, 1.165) is 0 Å². The second-order valence-electron chi connectivity index (χ2n) is 2.62. The second-order valence-corrected chi connectivity index (χ2v) is 2.62. The van der Waals surface area contributed by atoms with Crippen LogP contribution >= 0.6 is 0 Å². The van der Waals surface area contributed by atoms with Gasteiger partial charge in [0.2, 0.25) is 0 Å². The highest BCUT2D eigenvalue weighted by Crippen LogP contribution is 2.20. The molecule has 9 heavy (non-hydrogen) atoms. The summed E-state index contributed by atoms with van der Waals surface area (Å²) < 4.78 is 12.7. The number of rotatable bonds is 2. The molecule has 0 rings (SSSR count). The van der Waals surface area contributed by atoms with Crippen molar-refractivity contribution in [3.63, 3.8) is 0 Å². The van der Waals surface area contributed by atoms with Gasteiger partial charge in [0.05, 0.1) is 5.92 Å². The quantitative estimate of drug-likeness (QED) is 0.620. The molecule has 0 fully saturated rings. The van der Waals surface area contributed by atoms with Gasteiger partial charge in [0.15, 0.2) is 0 Å². The van der Waals surface area contributed by atoms with E-state index in [1.54, 1.807) is 0 Å². The Bertz CT molecular complexity index is 115. The highest BCUT2D eigenvalue weighted by Gasteiger charge is 2.30. The summed E-state index contributed by atoms with van der Waals surface area (Å²) in [7, 11) is 0. The number of carboxylic acid groups (broad SMARTS) is 1. The van der Waals surface area contributed by atoms with Crippen LogP contribution < -0.4 is 0 Å². The van der Waals surface area contributed by atoms with Gasteiger partial charge in [-0.3, -0.25) is 4.79 Å². The number of hydrogen-bond acceptors (Lipinski definition) is 1. The zero-order valence-electron chi connectivity index (χ0n) is 5.81. The van der Waals surface area contributed by atoms with Crippen LogP contribution in [0.1, 0.15) is 20.8 Å². The minimum absolute atomic E-state index is 0.933. The summed E-state index contributed by atoms with van der Waals surface area (Å²) in [4.78, 5) is 10.1. The van der Waals surface area contributed by atoms with E-state index in [-0.39, 0.29) is 0 Å². The molecule has 0 aliphatic rings. The number of carbonyl (C=O) groups is 1. The molecule has 0 saturated carbocycles. The number of halogens is 1. The highest BCUT2D eigenvalue weighted by molar-refractivity contribution is 5.70. The van der Waals surface area contributed by atoms with Gasteiger partial charge >= 0.3 is 5.97 Å². The maximum absolute atomic E-state index is 12.7. The molecule has 0 aromatic carbocycles. The first-order valence-corrected chi connectivity index (χ1v) is 2.77. The van der Waals surface area contributed by atoms with Gasteiger partial charge in [-0.2, -0.15) is 0 Å². The van der Waals surface area contributed by atoms with Crippen molar-refractivity contribution in [1.29, 1.82) is 0 Å². The van der Waals surface area contributed by atoms with Crippen molar-refractivity contribution in [2.45, 2.75) is 26.4 Å². The molecule has 0 aliphatic carbocycles. The topological polar surface area (TPSA) is 37.3 Å². The van der Waals surface area contributed by atoms with Gasteiger partial charge in [-0.1, -0.05) is 0 Å². The Morgan fingerprint density at radius 2 is 2.00 bits per heavy atom. The summed E-state index contributed by atoms with van der Waals surface area (Å²) in [6, 6.07) is 0. The van der Waals surface area contributed by atoms with Crippen LogP contribution in [-0.2, 0) is 4.79 Å². The van der Waals surface area contributed by atoms with Gasteiger partial charge in [0.25, 0.3) is 0 Å². The molecule has 1 atom stereocenters. The first kappa shape index (κ1) is 8.40. The Balaban J connectivity index is 4.04. The van der Waals surface area contributed by atoms with Gasteiger partial charge in [0.1, 0.15) is 5.67 Å². The van der Waals surface area contributed by atoms with Crippen molar-refractivity contribution in [3.05, 3.63) is 0 Å². The van der Waals surface area contributed by atoms with Crippen LogP contribution in [0.15, 0.2) is 0 Å². The molecule has 0 aromatic rings. The first-order valence-electron chi connectivity index (χ1n) is 2.77. The lowest BCUT2D eigenvalue weighted by Gasteiger charge is -2.18. The number of aliphatic carboxylic acids is 1. The summed E-state index contributed by atoms with van der Waals surface area (Å²) in [6.45, 7) is 3.86. The zero-order chi connectivity index (χ0) is 7.65. The average Bonchev–Trinajstić information content (AvgIpc) is 1.62. The molecule has 0 unspecified atom stereocenters. The molecule has 0 saturated heterocycles. The standard InChI is InChI=1S/C6H11FO2/c1-4(5(8)9)6(2,3)7/h4H,1-3H3,(H,8,9)/t4-/m1/s1. The minimum atomic E-state index is -1.62. The molecular weight excluding hydrogens is 123 g/mol. The number of hydrogen-bond donors (Lipinski definition) is 1. The predicted molar refractivity (Wildman–Crippen MR) is 32.0 cm³/mol. The Labute approximate surface area is 53.7 Å². The van der Waals surface area contributed by atoms with E-state index in [1.165, 1.54) is 20.8 Å². The van der Waals surface area contributed by atoms with Gasteiger partial charge in [-0.05, 0) is 20.8 Å². The Hall–Kier alpha value is -0.600. The lowest BCUT2D eigenvalue weighted by Crippen LogP contribution is -2.29. The van der Waals surface area contributed by atoms with Crippen LogP contribution in [0.3, 0.4) is 0 Å². The molecule has 0 aliphatic heterocycles. The van der Waals surface area contributed by atoms with Gasteiger partial charge in [-0.15, -0.1) is 0 Å². The molecule has 0 bridgehead atoms. The minimum Gasteiger partial charge on any atom is -0.481 e. The third-order valence-corrected chi connectivity index (χ3v) is 1.40. The second kappa shape index (κ2) is 2.33. The van der Waals surface area contributed by atoms with E-state index in [1.807, 2.05) is 0 Å². The largest absolute Gasteiger partial charge is 0.481 e. The summed E-state index contributed by atoms with van der Waals surface area (Å²) in [5.41, 5.74) is -1.62. The fraction of sp³-hybridized carbons (Fsp3) is 0.833. The molecule has 0 heterocycles. The van der Waals surface area contributed by atoms with Crippen LogP contribution in [0.2, 0.25) is 0 Å². The fourth-order valence-corrected chi connectivity index (χ4v) is 0.294. The highest BCUT2D eigenvalue weighted by atomic mass is 19.1. The maximum atomic E-state index is 12.7. The molecular formula is C6H11FO2. The Morgan fingerprint density at radius 3 is 2.00 bits per heavy atom. The average molecular weight is 134 g/mol. The molecule has 0 radical (unpaired) electrons. The van der Waals surface area contributed by atoms with Crippen LogP contribution in [-0.4, -0.2) is 16.7 Å². The lowest BCUT2D eigenvalue weighted by molar-refractivity contribution is -0.145. The van der Waals surface area contributed by atoms with Crippen LogP contribution in [0.4, 0.5) is 4.39 Å². The van der Waals surface area contributed by atoms with Crippen molar-refractivity contribution in [2.24, 2.45) is 5.92 Å². The van der Waals surface area contributed by atoms with Crippen molar-refractivity contribution in [1.82, 2.24) is 0 Å². The van der Waals surface area contributed by atoms with E-state index in [2.05, 4.69) is 0 Å². The van der Waals surface area contributed by atoms with Crippen molar-refractivity contribution < 1.29 is 14.3 Å². The van der Waals surface area contributed by atoms with Gasteiger partial charge in [0, 0.05) is 0 Å². The van der Waals surface area contributed by atoms with E-state index in [0.29, 0.717) is 0 Å². The van der Waals surface area contributed by atoms with E-state index in [4.69, 9.17) is 5.11 Å². The third kappa shape index (κ3) is 2.44. The molecule has 2 nitrogen and oxygen atoms in total. The van der Waals surface area contributed by atoms with Crippen LogP contribution in [0.25, 0.3) is 0 Å². The monoisotopic (exact) mass is 134 g/mol. The van der Waals surface area contributed by atoms with Gasteiger partial charge < -0.3 is 5.11 Å². The van der Waals surface area contributed by atoms with Crippen molar-refractivity contribution in [3.8, 4) is 0 Å². The van der Waals surface area contributed by atoms with Crippen LogP contribution in [0.5, 0.6) is 0 Å². The summed E-state index contributed by atoms with van der Waals surface area (Å²) in [5.74, 6) is -2.03. The summed E-state index contributed by atoms with van der Waals surface area (Å²) in [5, 5.41) is 8.28. The number of carboxylic acids is 1. The third-order valence-electron chi connectivity index (χ3n) is 1.40. The van der Waals surface area contributed by atoms with Crippen molar-refractivity contribution >= 4 is 5.97 Å². The number of alkyl halides is 1. The smallest absolute Gasteiger partial charge is 0.309 e.